The molecule has 0 saturated carbocycles. The molecule has 0 aliphatic carbocycles. The van der Waals surface area contributed by atoms with Crippen molar-refractivity contribution < 1.29 is 17.9 Å². The number of anilines is 1. The highest BCUT2D eigenvalue weighted by molar-refractivity contribution is 7.14. The molecule has 1 aromatic carbocycles. The van der Waals surface area contributed by atoms with Gasteiger partial charge in [-0.25, -0.2) is 18.2 Å². The number of aliphatic imine (C=N–C) groups is 1. The van der Waals surface area contributed by atoms with Gasteiger partial charge in [0, 0.05) is 16.6 Å². The Hall–Kier alpha value is -2.33. The van der Waals surface area contributed by atoms with Crippen molar-refractivity contribution in [1.29, 1.82) is 5.41 Å². The standard InChI is InChI=1S/C16H15ClF3N5OS/c1-7(16(19,20)6-26-15(21)22)9-3-11-8(2-10(9)18)4-23-13(24-11)12-5-27-14(17)25-12/h2-3,5,7H,4,6H2,1H3,(H3,21,22)(H,23,24). The molecule has 27 heavy (non-hydrogen) atoms. The first-order valence-electron chi connectivity index (χ1n) is 7.77. The zero-order chi connectivity index (χ0) is 19.8. The molecule has 11 heteroatoms. The monoisotopic (exact) mass is 417 g/mol. The smallest absolute Gasteiger partial charge is 0.288 e. The largest absolute Gasteiger partial charge is 0.459 e. The van der Waals surface area contributed by atoms with Crippen molar-refractivity contribution in [2.75, 3.05) is 11.9 Å². The van der Waals surface area contributed by atoms with E-state index in [2.05, 4.69) is 20.0 Å². The van der Waals surface area contributed by atoms with Gasteiger partial charge < -0.3 is 15.8 Å². The summed E-state index contributed by atoms with van der Waals surface area (Å²) in [6.45, 7) is 0.256. The summed E-state index contributed by atoms with van der Waals surface area (Å²) in [4.78, 5) is 8.40. The molecule has 1 aromatic heterocycles. The highest BCUT2D eigenvalue weighted by Gasteiger charge is 2.40. The Labute approximate surface area is 161 Å². The summed E-state index contributed by atoms with van der Waals surface area (Å²) in [7, 11) is 0. The maximum Gasteiger partial charge on any atom is 0.288 e. The SMILES string of the molecule is CC(c1cc2c(cc1F)CN=C(c1csc(Cl)n1)N2)C(F)(F)COC(=N)N. The number of nitrogens with two attached hydrogens (primary N) is 1. The zero-order valence-electron chi connectivity index (χ0n) is 14.0. The number of alkyl halides is 2. The van der Waals surface area contributed by atoms with Gasteiger partial charge in [-0.3, -0.25) is 10.4 Å². The third-order valence-electron chi connectivity index (χ3n) is 4.12. The van der Waals surface area contributed by atoms with Crippen LogP contribution in [0.15, 0.2) is 22.5 Å². The number of nitrogens with one attached hydrogen (secondary N) is 2. The van der Waals surface area contributed by atoms with Gasteiger partial charge in [0.25, 0.3) is 11.9 Å². The van der Waals surface area contributed by atoms with Crippen LogP contribution in [0, 0.1) is 11.2 Å². The topological polar surface area (TPSA) is 96.4 Å². The molecule has 0 saturated heterocycles. The highest BCUT2D eigenvalue weighted by Crippen LogP contribution is 2.37. The van der Waals surface area contributed by atoms with Crippen molar-refractivity contribution in [3.05, 3.63) is 44.6 Å². The molecule has 4 N–H and O–H groups in total. The second-order valence-electron chi connectivity index (χ2n) is 5.94. The van der Waals surface area contributed by atoms with Crippen LogP contribution in [0.3, 0.4) is 0 Å². The zero-order valence-corrected chi connectivity index (χ0v) is 15.6. The molecule has 1 aliphatic rings. The molecule has 144 valence electrons. The lowest BCUT2D eigenvalue weighted by atomic mass is 9.92. The van der Waals surface area contributed by atoms with Crippen LogP contribution in [-0.2, 0) is 11.3 Å². The predicted molar refractivity (Wildman–Crippen MR) is 98.6 cm³/mol. The third-order valence-corrected chi connectivity index (χ3v) is 5.10. The quantitative estimate of drug-likeness (QED) is 0.506. The Morgan fingerprint density at radius 2 is 2.26 bits per heavy atom. The number of benzene rings is 1. The molecule has 0 fully saturated rings. The first-order chi connectivity index (χ1) is 12.7. The lowest BCUT2D eigenvalue weighted by Crippen LogP contribution is -2.33. The van der Waals surface area contributed by atoms with E-state index in [0.29, 0.717) is 27.2 Å². The fourth-order valence-electron chi connectivity index (χ4n) is 2.57. The van der Waals surface area contributed by atoms with Gasteiger partial charge in [-0.2, -0.15) is 0 Å². The molecule has 1 unspecified atom stereocenters. The lowest BCUT2D eigenvalue weighted by Gasteiger charge is -2.26. The minimum Gasteiger partial charge on any atom is -0.459 e. The van der Waals surface area contributed by atoms with E-state index in [4.69, 9.17) is 22.7 Å². The number of hydrogen-bond acceptors (Lipinski definition) is 6. The molecule has 2 aromatic rings. The summed E-state index contributed by atoms with van der Waals surface area (Å²) in [6, 6.07) is 1.70. The van der Waals surface area contributed by atoms with Crippen LogP contribution in [0.5, 0.6) is 0 Å². The maximum atomic E-state index is 14.4. The van der Waals surface area contributed by atoms with E-state index in [-0.39, 0.29) is 12.1 Å². The van der Waals surface area contributed by atoms with Crippen LogP contribution in [-0.4, -0.2) is 29.4 Å². The Morgan fingerprint density at radius 3 is 2.89 bits per heavy atom. The number of fused-ring (bicyclic) bond motifs is 1. The second-order valence-corrected chi connectivity index (χ2v) is 7.38. The van der Waals surface area contributed by atoms with Gasteiger partial charge in [-0.15, -0.1) is 11.3 Å². The Kier molecular flexibility index (Phi) is 5.29. The number of halogens is 4. The van der Waals surface area contributed by atoms with Crippen LogP contribution in [0.2, 0.25) is 4.47 Å². The van der Waals surface area contributed by atoms with Crippen molar-refractivity contribution in [2.24, 2.45) is 10.7 Å². The Bertz CT molecular complexity index is 917. The van der Waals surface area contributed by atoms with Crippen molar-refractivity contribution >= 4 is 40.5 Å². The van der Waals surface area contributed by atoms with Crippen LogP contribution in [0.1, 0.15) is 29.7 Å². The molecular weight excluding hydrogens is 403 g/mol. The average molecular weight is 418 g/mol. The van der Waals surface area contributed by atoms with Crippen molar-refractivity contribution in [3.8, 4) is 0 Å². The summed E-state index contributed by atoms with van der Waals surface area (Å²) in [5, 5.41) is 11.6. The summed E-state index contributed by atoms with van der Waals surface area (Å²) >= 11 is 7.06. The van der Waals surface area contributed by atoms with Gasteiger partial charge in [0.15, 0.2) is 16.9 Å². The predicted octanol–water partition coefficient (Wildman–Crippen LogP) is 3.96. The van der Waals surface area contributed by atoms with Crippen LogP contribution in [0.4, 0.5) is 18.9 Å². The summed E-state index contributed by atoms with van der Waals surface area (Å²) in [5.41, 5.74) is 6.29. The first kappa shape index (κ1) is 19.4. The number of thiazole rings is 1. The maximum absolute atomic E-state index is 14.4. The average Bonchev–Trinajstić information content (AvgIpc) is 3.05. The molecule has 0 radical (unpaired) electrons. The van der Waals surface area contributed by atoms with E-state index in [1.54, 1.807) is 5.38 Å². The lowest BCUT2D eigenvalue weighted by molar-refractivity contribution is -0.0649. The fraction of sp³-hybridized carbons (Fsp3) is 0.312. The number of aromatic nitrogens is 1. The Morgan fingerprint density at radius 1 is 1.52 bits per heavy atom. The van der Waals surface area contributed by atoms with Gasteiger partial charge in [0.05, 0.1) is 12.5 Å². The highest BCUT2D eigenvalue weighted by atomic mass is 35.5. The molecule has 1 aliphatic heterocycles. The number of amidine groups is 2. The fourth-order valence-corrected chi connectivity index (χ4v) is 3.32. The molecule has 3 rings (SSSR count). The van der Waals surface area contributed by atoms with E-state index >= 15 is 0 Å². The minimum absolute atomic E-state index is 0.183. The van der Waals surface area contributed by atoms with Crippen LogP contribution < -0.4 is 11.1 Å². The summed E-state index contributed by atoms with van der Waals surface area (Å²) < 4.78 is 47.8. The molecule has 0 spiro atoms. The van der Waals surface area contributed by atoms with E-state index in [1.165, 1.54) is 30.4 Å². The normalized spacial score (nSPS) is 14.8. The first-order valence-corrected chi connectivity index (χ1v) is 9.03. The molecule has 2 heterocycles. The number of nitrogens with zero attached hydrogens (tertiary/aromatic N) is 2. The van der Waals surface area contributed by atoms with Gasteiger partial charge in [0.2, 0.25) is 0 Å². The van der Waals surface area contributed by atoms with Crippen molar-refractivity contribution in [3.63, 3.8) is 0 Å². The van der Waals surface area contributed by atoms with E-state index in [0.717, 1.165) is 0 Å². The molecular formula is C16H15ClF3N5OS. The van der Waals surface area contributed by atoms with Crippen molar-refractivity contribution in [1.82, 2.24) is 4.98 Å². The second kappa shape index (κ2) is 7.35. The minimum atomic E-state index is -3.42. The number of rotatable bonds is 5. The molecule has 0 amide bonds. The van der Waals surface area contributed by atoms with E-state index in [9.17, 15) is 13.2 Å². The van der Waals surface area contributed by atoms with Gasteiger partial charge in [-0.05, 0) is 17.7 Å². The van der Waals surface area contributed by atoms with Crippen LogP contribution >= 0.6 is 22.9 Å². The van der Waals surface area contributed by atoms with Gasteiger partial charge in [-0.1, -0.05) is 18.5 Å². The van der Waals surface area contributed by atoms with E-state index < -0.39 is 30.3 Å². The van der Waals surface area contributed by atoms with Crippen LogP contribution in [0.25, 0.3) is 0 Å². The summed E-state index contributed by atoms with van der Waals surface area (Å²) in [5.74, 6) is -5.25. The number of ether oxygens (including phenoxy) is 1. The van der Waals surface area contributed by atoms with E-state index in [1.807, 2.05) is 0 Å². The molecule has 1 atom stereocenters. The summed E-state index contributed by atoms with van der Waals surface area (Å²) in [6.07, 6.45) is 0. The van der Waals surface area contributed by atoms with Crippen molar-refractivity contribution in [2.45, 2.75) is 25.3 Å². The Balaban J connectivity index is 1.87. The van der Waals surface area contributed by atoms with Gasteiger partial charge >= 0.3 is 0 Å². The third kappa shape index (κ3) is 4.16. The molecule has 6 nitrogen and oxygen atoms in total. The molecule has 0 bridgehead atoms. The van der Waals surface area contributed by atoms with Gasteiger partial charge in [0.1, 0.15) is 11.5 Å². The number of hydrogen-bond donors (Lipinski definition) is 3.